The average Bonchev–Trinajstić information content (AvgIpc) is 2.51. The summed E-state index contributed by atoms with van der Waals surface area (Å²) in [5.74, 6) is 0.778. The molecule has 0 bridgehead atoms. The van der Waals surface area contributed by atoms with Crippen molar-refractivity contribution in [3.63, 3.8) is 0 Å². The second-order valence-electron chi connectivity index (χ2n) is 6.03. The maximum Gasteiger partial charge on any atom is 0.0217 e. The fourth-order valence-electron chi connectivity index (χ4n) is 2.55. The van der Waals surface area contributed by atoms with Gasteiger partial charge in [-0.15, -0.1) is 0 Å². The van der Waals surface area contributed by atoms with Crippen molar-refractivity contribution in [1.29, 1.82) is 0 Å². The lowest BCUT2D eigenvalue weighted by molar-refractivity contribution is 0.238. The summed E-state index contributed by atoms with van der Waals surface area (Å²) in [5.41, 5.74) is 0. The summed E-state index contributed by atoms with van der Waals surface area (Å²) in [4.78, 5) is 2.36. The third-order valence-electron chi connectivity index (χ3n) is 3.69. The molecule has 1 rings (SSSR count). The van der Waals surface area contributed by atoms with E-state index in [0.29, 0.717) is 6.04 Å². The Balaban J connectivity index is 2.29. The molecule has 3 heteroatoms. The Morgan fingerprint density at radius 3 is 2.65 bits per heavy atom. The van der Waals surface area contributed by atoms with Crippen molar-refractivity contribution >= 4 is 0 Å². The number of hydrogen-bond donors (Lipinski definition) is 2. The van der Waals surface area contributed by atoms with Gasteiger partial charge < -0.3 is 15.5 Å². The number of rotatable bonds is 6. The van der Waals surface area contributed by atoms with Gasteiger partial charge in [0.25, 0.3) is 0 Å². The molecular weight excluding hydrogens is 210 g/mol. The zero-order valence-corrected chi connectivity index (χ0v) is 12.1. The highest BCUT2D eigenvalue weighted by Gasteiger charge is 2.16. The summed E-state index contributed by atoms with van der Waals surface area (Å²) in [6, 6.07) is 1.39. The predicted octanol–water partition coefficient (Wildman–Crippen LogP) is 1.69. The first kappa shape index (κ1) is 14.9. The van der Waals surface area contributed by atoms with Gasteiger partial charge in [0.15, 0.2) is 0 Å². The Labute approximate surface area is 107 Å². The smallest absolute Gasteiger partial charge is 0.0217 e. The van der Waals surface area contributed by atoms with E-state index >= 15 is 0 Å². The van der Waals surface area contributed by atoms with Crippen LogP contribution in [0.15, 0.2) is 0 Å². The molecule has 0 amide bonds. The van der Waals surface area contributed by atoms with Crippen molar-refractivity contribution in [2.75, 3.05) is 33.7 Å². The Bertz CT molecular complexity index is 184. The van der Waals surface area contributed by atoms with Crippen LogP contribution in [-0.2, 0) is 0 Å². The number of nitrogens with one attached hydrogen (secondary N) is 2. The van der Waals surface area contributed by atoms with Gasteiger partial charge in [-0.3, -0.25) is 0 Å². The number of likely N-dealkylation sites (N-methyl/N-ethyl adjacent to an activating group) is 1. The van der Waals surface area contributed by atoms with Crippen LogP contribution in [0.25, 0.3) is 0 Å². The summed E-state index contributed by atoms with van der Waals surface area (Å²) < 4.78 is 0. The zero-order chi connectivity index (χ0) is 12.7. The van der Waals surface area contributed by atoms with Crippen LogP contribution in [0.5, 0.6) is 0 Å². The number of nitrogens with zero attached hydrogens (tertiary/aromatic N) is 1. The van der Waals surface area contributed by atoms with E-state index in [1.807, 2.05) is 0 Å². The molecule has 1 fully saturated rings. The Kier molecular flexibility index (Phi) is 7.09. The molecule has 0 spiro atoms. The van der Waals surface area contributed by atoms with Crippen molar-refractivity contribution in [3.05, 3.63) is 0 Å². The van der Waals surface area contributed by atoms with Crippen LogP contribution >= 0.6 is 0 Å². The fourth-order valence-corrected chi connectivity index (χ4v) is 2.55. The van der Waals surface area contributed by atoms with Gasteiger partial charge in [-0.2, -0.15) is 0 Å². The van der Waals surface area contributed by atoms with Crippen molar-refractivity contribution in [2.24, 2.45) is 5.92 Å². The molecule has 102 valence electrons. The zero-order valence-electron chi connectivity index (χ0n) is 12.1. The first-order valence-corrected chi connectivity index (χ1v) is 7.20. The maximum atomic E-state index is 3.77. The van der Waals surface area contributed by atoms with Crippen molar-refractivity contribution in [1.82, 2.24) is 15.5 Å². The first-order valence-electron chi connectivity index (χ1n) is 7.20. The summed E-state index contributed by atoms with van der Waals surface area (Å²) in [5, 5.41) is 7.24. The molecule has 0 aromatic heterocycles. The molecular formula is C14H31N3. The molecule has 1 aliphatic heterocycles. The molecule has 2 N–H and O–H groups in total. The predicted molar refractivity (Wildman–Crippen MR) is 75.4 cm³/mol. The average molecular weight is 241 g/mol. The van der Waals surface area contributed by atoms with E-state index in [1.165, 1.54) is 38.8 Å². The fraction of sp³-hybridized carbons (Fsp3) is 1.00. The second-order valence-corrected chi connectivity index (χ2v) is 6.03. The van der Waals surface area contributed by atoms with Crippen LogP contribution in [0.3, 0.4) is 0 Å². The van der Waals surface area contributed by atoms with E-state index in [-0.39, 0.29) is 0 Å². The highest BCUT2D eigenvalue weighted by molar-refractivity contribution is 4.77. The van der Waals surface area contributed by atoms with E-state index in [9.17, 15) is 0 Å². The molecule has 0 aromatic rings. The summed E-state index contributed by atoms with van der Waals surface area (Å²) in [6.07, 6.45) is 5.20. The molecule has 0 aromatic carbocycles. The second kappa shape index (κ2) is 8.06. The summed E-state index contributed by atoms with van der Waals surface area (Å²) in [6.45, 7) is 8.13. The maximum absolute atomic E-state index is 3.77. The lowest BCUT2D eigenvalue weighted by Crippen LogP contribution is -2.42. The molecule has 0 aliphatic carbocycles. The van der Waals surface area contributed by atoms with Crippen LogP contribution < -0.4 is 10.6 Å². The van der Waals surface area contributed by atoms with Gasteiger partial charge in [0.2, 0.25) is 0 Å². The van der Waals surface area contributed by atoms with Crippen LogP contribution in [-0.4, -0.2) is 50.7 Å². The van der Waals surface area contributed by atoms with Crippen molar-refractivity contribution in [3.8, 4) is 0 Å². The molecule has 0 radical (unpaired) electrons. The molecule has 1 aliphatic rings. The lowest BCUT2D eigenvalue weighted by Gasteiger charge is -2.28. The minimum atomic E-state index is 0.672. The first-order chi connectivity index (χ1) is 8.09. The van der Waals surface area contributed by atoms with Crippen LogP contribution in [0.1, 0.15) is 39.5 Å². The SMILES string of the molecule is CC(C)CC(CNC1CCCNCC1)N(C)C. The molecule has 2 atom stereocenters. The van der Waals surface area contributed by atoms with E-state index in [1.54, 1.807) is 0 Å². The Hall–Kier alpha value is -0.120. The van der Waals surface area contributed by atoms with Crippen LogP contribution in [0.2, 0.25) is 0 Å². The van der Waals surface area contributed by atoms with Gasteiger partial charge in [-0.1, -0.05) is 13.8 Å². The molecule has 1 saturated heterocycles. The van der Waals surface area contributed by atoms with E-state index in [0.717, 1.165) is 18.5 Å². The molecule has 2 unspecified atom stereocenters. The normalized spacial score (nSPS) is 24.0. The summed E-state index contributed by atoms with van der Waals surface area (Å²) in [7, 11) is 4.40. The summed E-state index contributed by atoms with van der Waals surface area (Å²) >= 11 is 0. The number of hydrogen-bond acceptors (Lipinski definition) is 3. The molecule has 0 saturated carbocycles. The Morgan fingerprint density at radius 1 is 1.24 bits per heavy atom. The molecule has 1 heterocycles. The van der Waals surface area contributed by atoms with E-state index in [4.69, 9.17) is 0 Å². The topological polar surface area (TPSA) is 27.3 Å². The van der Waals surface area contributed by atoms with E-state index in [2.05, 4.69) is 43.5 Å². The third kappa shape index (κ3) is 6.39. The van der Waals surface area contributed by atoms with Gasteiger partial charge in [0.05, 0.1) is 0 Å². The minimum absolute atomic E-state index is 0.672. The monoisotopic (exact) mass is 241 g/mol. The van der Waals surface area contributed by atoms with Gasteiger partial charge in [0, 0.05) is 18.6 Å². The lowest BCUT2D eigenvalue weighted by atomic mass is 10.0. The largest absolute Gasteiger partial charge is 0.317 e. The van der Waals surface area contributed by atoms with Gasteiger partial charge in [-0.05, 0) is 58.8 Å². The van der Waals surface area contributed by atoms with Gasteiger partial charge in [-0.25, -0.2) is 0 Å². The third-order valence-corrected chi connectivity index (χ3v) is 3.69. The highest BCUT2D eigenvalue weighted by Crippen LogP contribution is 2.10. The Morgan fingerprint density at radius 2 is 2.00 bits per heavy atom. The molecule has 3 nitrogen and oxygen atoms in total. The minimum Gasteiger partial charge on any atom is -0.317 e. The standard InChI is InChI=1S/C14H31N3/c1-12(2)10-14(17(3)4)11-16-13-6-5-8-15-9-7-13/h12-16H,5-11H2,1-4H3. The van der Waals surface area contributed by atoms with Gasteiger partial charge >= 0.3 is 0 Å². The molecule has 17 heavy (non-hydrogen) atoms. The van der Waals surface area contributed by atoms with Gasteiger partial charge in [0.1, 0.15) is 0 Å². The van der Waals surface area contributed by atoms with Crippen LogP contribution in [0.4, 0.5) is 0 Å². The quantitative estimate of drug-likeness (QED) is 0.741. The van der Waals surface area contributed by atoms with Crippen molar-refractivity contribution < 1.29 is 0 Å². The van der Waals surface area contributed by atoms with E-state index < -0.39 is 0 Å². The van der Waals surface area contributed by atoms with Crippen LogP contribution in [0, 0.1) is 5.92 Å². The van der Waals surface area contributed by atoms with Crippen molar-refractivity contribution in [2.45, 2.75) is 51.6 Å². The highest BCUT2D eigenvalue weighted by atomic mass is 15.1.